The van der Waals surface area contributed by atoms with Crippen LogP contribution in [0.25, 0.3) is 0 Å². The fourth-order valence-electron chi connectivity index (χ4n) is 4.41. The van der Waals surface area contributed by atoms with E-state index in [1.165, 1.54) is 20.8 Å². The molecule has 7 atom stereocenters. The first-order valence-electron chi connectivity index (χ1n) is 13.3. The van der Waals surface area contributed by atoms with Crippen LogP contribution in [0.1, 0.15) is 79.1 Å². The molecule has 1 aliphatic carbocycles. The van der Waals surface area contributed by atoms with Crippen LogP contribution in [0.5, 0.6) is 0 Å². The molecule has 0 aromatic rings. The molecule has 208 valence electrons. The van der Waals surface area contributed by atoms with E-state index < -0.39 is 48.1 Å². The number of allylic oxidation sites excluding steroid dienone is 2. The topological polar surface area (TPSA) is 140 Å². The molecule has 0 spiro atoms. The summed E-state index contributed by atoms with van der Waals surface area (Å²) in [6, 6.07) is 0. The maximum atomic E-state index is 13.2. The fraction of sp³-hybridized carbons (Fsp3) is 0.815. The van der Waals surface area contributed by atoms with Crippen LogP contribution in [-0.4, -0.2) is 71.4 Å². The highest BCUT2D eigenvalue weighted by Gasteiger charge is 2.46. The molecule has 0 aromatic heterocycles. The van der Waals surface area contributed by atoms with Crippen LogP contribution in [0.15, 0.2) is 12.2 Å². The fourth-order valence-corrected chi connectivity index (χ4v) is 4.41. The van der Waals surface area contributed by atoms with E-state index in [1.54, 1.807) is 0 Å². The van der Waals surface area contributed by atoms with E-state index in [9.17, 15) is 29.7 Å². The van der Waals surface area contributed by atoms with Crippen molar-refractivity contribution in [2.24, 2.45) is 23.7 Å². The van der Waals surface area contributed by atoms with Crippen LogP contribution in [0.4, 0.5) is 0 Å². The normalized spacial score (nSPS) is 24.0. The summed E-state index contributed by atoms with van der Waals surface area (Å²) in [5, 5.41) is 28.5. The van der Waals surface area contributed by atoms with E-state index in [-0.39, 0.29) is 38.1 Å². The highest BCUT2D eigenvalue weighted by molar-refractivity contribution is 5.83. The predicted molar refractivity (Wildman–Crippen MR) is 134 cm³/mol. The van der Waals surface area contributed by atoms with Gasteiger partial charge in [0.2, 0.25) is 0 Å². The van der Waals surface area contributed by atoms with Crippen molar-refractivity contribution in [3.63, 3.8) is 0 Å². The third-order valence-electron chi connectivity index (χ3n) is 6.19. The first kappa shape index (κ1) is 32.1. The Morgan fingerprint density at radius 3 is 1.53 bits per heavy atom. The smallest absolute Gasteiger partial charge is 0.310 e. The third kappa shape index (κ3) is 12.3. The lowest BCUT2D eigenvalue weighted by Crippen LogP contribution is -2.44. The number of aliphatic hydroxyl groups excluding tert-OH is 3. The number of aliphatic hydroxyl groups is 3. The van der Waals surface area contributed by atoms with Gasteiger partial charge in [0.15, 0.2) is 0 Å². The van der Waals surface area contributed by atoms with Crippen molar-refractivity contribution in [2.75, 3.05) is 19.8 Å². The van der Waals surface area contributed by atoms with Crippen LogP contribution in [-0.2, 0) is 28.6 Å². The predicted octanol–water partition coefficient (Wildman–Crippen LogP) is 2.93. The van der Waals surface area contributed by atoms with Gasteiger partial charge in [-0.25, -0.2) is 0 Å². The quantitative estimate of drug-likeness (QED) is 0.116. The van der Waals surface area contributed by atoms with E-state index in [4.69, 9.17) is 14.2 Å². The highest BCUT2D eigenvalue weighted by atomic mass is 16.6. The number of carbonyl (C=O) groups is 3. The van der Waals surface area contributed by atoms with Crippen LogP contribution in [0, 0.1) is 23.7 Å². The lowest BCUT2D eigenvalue weighted by molar-refractivity contribution is -0.168. The molecule has 9 heteroatoms. The standard InChI is InChI=1S/C27H46O9/c1-5-6-7-10-21-13-14-22(11-8-9-12-23(31)34-15-18(2)28)25(27(33)36-17-20(4)30)24(21)26(32)35-16-19(3)29/h13-14,18-22,24-25,28-30H,5-12,15-17H2,1-4H3. The summed E-state index contributed by atoms with van der Waals surface area (Å²) in [7, 11) is 0. The van der Waals surface area contributed by atoms with Crippen molar-refractivity contribution in [3.8, 4) is 0 Å². The average Bonchev–Trinajstić information content (AvgIpc) is 2.82. The molecule has 9 nitrogen and oxygen atoms in total. The second kappa shape index (κ2) is 17.5. The van der Waals surface area contributed by atoms with Crippen LogP contribution in [0.3, 0.4) is 0 Å². The van der Waals surface area contributed by atoms with Crippen LogP contribution < -0.4 is 0 Å². The molecular formula is C27H46O9. The van der Waals surface area contributed by atoms with Gasteiger partial charge in [-0.3, -0.25) is 14.4 Å². The summed E-state index contributed by atoms with van der Waals surface area (Å²) in [5.41, 5.74) is 0. The molecule has 0 aliphatic heterocycles. The molecule has 0 fully saturated rings. The molecule has 1 aliphatic rings. The summed E-state index contributed by atoms with van der Waals surface area (Å²) in [4.78, 5) is 38.2. The molecule has 7 unspecified atom stereocenters. The summed E-state index contributed by atoms with van der Waals surface area (Å²) < 4.78 is 15.7. The van der Waals surface area contributed by atoms with Gasteiger partial charge in [-0.1, -0.05) is 44.8 Å². The van der Waals surface area contributed by atoms with Crippen molar-refractivity contribution in [2.45, 2.75) is 97.4 Å². The number of ether oxygens (including phenoxy) is 3. The molecule has 0 saturated carbocycles. The molecule has 3 N–H and O–H groups in total. The van der Waals surface area contributed by atoms with E-state index >= 15 is 0 Å². The molecule has 0 amide bonds. The largest absolute Gasteiger partial charge is 0.463 e. The Hall–Kier alpha value is -1.97. The Balaban J connectivity index is 3.01. The Kier molecular flexibility index (Phi) is 15.6. The molecule has 0 bridgehead atoms. The van der Waals surface area contributed by atoms with Gasteiger partial charge in [0.05, 0.1) is 30.1 Å². The zero-order valence-corrected chi connectivity index (χ0v) is 22.3. The van der Waals surface area contributed by atoms with Crippen molar-refractivity contribution in [1.29, 1.82) is 0 Å². The number of unbranched alkanes of at least 4 members (excludes halogenated alkanes) is 3. The van der Waals surface area contributed by atoms with E-state index in [1.807, 2.05) is 12.2 Å². The van der Waals surface area contributed by atoms with Crippen molar-refractivity contribution >= 4 is 17.9 Å². The lowest BCUT2D eigenvalue weighted by Gasteiger charge is -2.37. The summed E-state index contributed by atoms with van der Waals surface area (Å²) in [6.07, 6.45) is 7.14. The van der Waals surface area contributed by atoms with Crippen LogP contribution in [0.2, 0.25) is 0 Å². The third-order valence-corrected chi connectivity index (χ3v) is 6.19. The molecule has 0 aromatic carbocycles. The van der Waals surface area contributed by atoms with Crippen molar-refractivity contribution in [3.05, 3.63) is 12.2 Å². The SMILES string of the molecule is CCCCCC1C=CC(CCCCC(=O)OCC(C)O)C(C(=O)OCC(C)O)C1C(=O)OCC(C)O. The number of hydrogen-bond donors (Lipinski definition) is 3. The van der Waals surface area contributed by atoms with Gasteiger partial charge < -0.3 is 29.5 Å². The minimum absolute atomic E-state index is 0.0446. The van der Waals surface area contributed by atoms with E-state index in [2.05, 4.69) is 6.92 Å². The zero-order valence-electron chi connectivity index (χ0n) is 22.3. The summed E-state index contributed by atoms with van der Waals surface area (Å²) in [6.45, 7) is 6.30. The number of hydrogen-bond acceptors (Lipinski definition) is 9. The average molecular weight is 515 g/mol. The van der Waals surface area contributed by atoms with E-state index in [0.29, 0.717) is 19.3 Å². The first-order valence-corrected chi connectivity index (χ1v) is 13.3. The van der Waals surface area contributed by atoms with E-state index in [0.717, 1.165) is 25.7 Å². The lowest BCUT2D eigenvalue weighted by atomic mass is 9.67. The van der Waals surface area contributed by atoms with Gasteiger partial charge in [0.1, 0.15) is 19.8 Å². The van der Waals surface area contributed by atoms with Gasteiger partial charge in [-0.05, 0) is 51.9 Å². The molecule has 0 radical (unpaired) electrons. The Bertz CT molecular complexity index is 687. The monoisotopic (exact) mass is 514 g/mol. The molecule has 0 saturated heterocycles. The Labute approximate surface area is 215 Å². The number of rotatable bonds is 17. The molecular weight excluding hydrogens is 468 g/mol. The van der Waals surface area contributed by atoms with Crippen LogP contribution >= 0.6 is 0 Å². The van der Waals surface area contributed by atoms with Gasteiger partial charge in [-0.15, -0.1) is 0 Å². The minimum Gasteiger partial charge on any atom is -0.463 e. The summed E-state index contributed by atoms with van der Waals surface area (Å²) >= 11 is 0. The van der Waals surface area contributed by atoms with Gasteiger partial charge in [-0.2, -0.15) is 0 Å². The van der Waals surface area contributed by atoms with Gasteiger partial charge in [0, 0.05) is 6.42 Å². The number of carbonyl (C=O) groups excluding carboxylic acids is 3. The molecule has 36 heavy (non-hydrogen) atoms. The Morgan fingerprint density at radius 2 is 1.11 bits per heavy atom. The minimum atomic E-state index is -0.833. The summed E-state index contributed by atoms with van der Waals surface area (Å²) in [5.74, 6) is -3.52. The number of esters is 3. The Morgan fingerprint density at radius 1 is 0.694 bits per heavy atom. The first-order chi connectivity index (χ1) is 17.1. The molecule has 0 heterocycles. The highest BCUT2D eigenvalue weighted by Crippen LogP contribution is 2.41. The maximum Gasteiger partial charge on any atom is 0.310 e. The van der Waals surface area contributed by atoms with Gasteiger partial charge in [0.25, 0.3) is 0 Å². The molecule has 1 rings (SSSR count). The zero-order chi connectivity index (χ0) is 27.1. The van der Waals surface area contributed by atoms with Crippen molar-refractivity contribution < 1.29 is 43.9 Å². The second-order valence-electron chi connectivity index (χ2n) is 10.00. The van der Waals surface area contributed by atoms with Crippen molar-refractivity contribution in [1.82, 2.24) is 0 Å². The van der Waals surface area contributed by atoms with Gasteiger partial charge >= 0.3 is 17.9 Å². The second-order valence-corrected chi connectivity index (χ2v) is 10.00. The maximum absolute atomic E-state index is 13.2.